The molecule has 4 aliphatic rings. The molecule has 1 N–H and O–H groups in total. The van der Waals surface area contributed by atoms with Crippen LogP contribution in [0.2, 0.25) is 0 Å². The topological polar surface area (TPSA) is 83.1 Å². The van der Waals surface area contributed by atoms with E-state index in [0.29, 0.717) is 31.8 Å². The Morgan fingerprint density at radius 1 is 1.14 bits per heavy atom. The van der Waals surface area contributed by atoms with Crippen molar-refractivity contribution in [2.24, 2.45) is 0 Å². The van der Waals surface area contributed by atoms with Crippen LogP contribution in [0.15, 0.2) is 37.2 Å². The van der Waals surface area contributed by atoms with Crippen molar-refractivity contribution in [1.29, 1.82) is 0 Å². The van der Waals surface area contributed by atoms with Gasteiger partial charge in [-0.3, -0.25) is 9.69 Å². The molecule has 0 bridgehead atoms. The number of carbonyl (C=O) groups excluding carboxylic acids is 1. The minimum atomic E-state index is 0.0347. The van der Waals surface area contributed by atoms with E-state index in [9.17, 15) is 4.79 Å². The Hall–Kier alpha value is -3.17. The number of carbonyl (C=O) groups is 1. The first-order chi connectivity index (χ1) is 17.2. The number of nitrogens with one attached hydrogen (secondary N) is 1. The lowest BCUT2D eigenvalue weighted by Crippen LogP contribution is -2.62. The van der Waals surface area contributed by atoms with Gasteiger partial charge < -0.3 is 24.6 Å². The zero-order chi connectivity index (χ0) is 23.8. The van der Waals surface area contributed by atoms with Crippen molar-refractivity contribution in [3.63, 3.8) is 0 Å². The second kappa shape index (κ2) is 9.47. The van der Waals surface area contributed by atoms with E-state index in [4.69, 9.17) is 9.47 Å². The highest BCUT2D eigenvalue weighted by molar-refractivity contribution is 5.87. The fourth-order valence-corrected chi connectivity index (χ4v) is 5.60. The van der Waals surface area contributed by atoms with Crippen LogP contribution in [-0.4, -0.2) is 84.2 Å². The van der Waals surface area contributed by atoms with Crippen molar-refractivity contribution in [3.8, 4) is 5.75 Å². The fraction of sp³-hybridized carbons (Fsp3) is 0.500. The van der Waals surface area contributed by atoms with E-state index in [0.717, 1.165) is 80.7 Å². The number of morpholine rings is 1. The second-order valence-corrected chi connectivity index (χ2v) is 9.73. The normalized spacial score (nSPS) is 22.7. The smallest absolute Gasteiger partial charge is 0.246 e. The fourth-order valence-electron chi connectivity index (χ4n) is 5.60. The average molecular weight is 477 g/mol. The third-order valence-corrected chi connectivity index (χ3v) is 7.65. The number of fused-ring (bicyclic) bond motifs is 2. The monoisotopic (exact) mass is 476 g/mol. The van der Waals surface area contributed by atoms with Gasteiger partial charge in [0.1, 0.15) is 30.3 Å². The summed E-state index contributed by atoms with van der Waals surface area (Å²) in [6, 6.07) is 6.96. The largest absolute Gasteiger partial charge is 0.486 e. The molecule has 1 aromatic heterocycles. The van der Waals surface area contributed by atoms with Gasteiger partial charge in [0.05, 0.1) is 24.5 Å². The summed E-state index contributed by atoms with van der Waals surface area (Å²) in [5.74, 6) is 3.06. The molecule has 3 saturated heterocycles. The van der Waals surface area contributed by atoms with Gasteiger partial charge in [-0.1, -0.05) is 12.6 Å². The molecule has 9 heteroatoms. The Bertz CT molecular complexity index is 1110. The Kier molecular flexibility index (Phi) is 6.03. The number of rotatable bonds is 4. The van der Waals surface area contributed by atoms with Crippen molar-refractivity contribution in [3.05, 3.63) is 48.3 Å². The average Bonchev–Trinajstić information content (AvgIpc) is 3.07. The first-order valence-electron chi connectivity index (χ1n) is 12.6. The minimum Gasteiger partial charge on any atom is -0.486 e. The van der Waals surface area contributed by atoms with Crippen molar-refractivity contribution in [2.45, 2.75) is 31.4 Å². The zero-order valence-corrected chi connectivity index (χ0v) is 20.0. The maximum atomic E-state index is 11.8. The van der Waals surface area contributed by atoms with E-state index < -0.39 is 0 Å². The van der Waals surface area contributed by atoms with Gasteiger partial charge in [0.25, 0.3) is 0 Å². The van der Waals surface area contributed by atoms with Crippen molar-refractivity contribution in [2.75, 3.05) is 62.7 Å². The van der Waals surface area contributed by atoms with Crippen LogP contribution < -0.4 is 15.0 Å². The van der Waals surface area contributed by atoms with Crippen LogP contribution in [0.25, 0.3) is 0 Å². The standard InChI is InChI=1S/C26H32N6O3/c1-2-24(33)32-14-20(15-32)31-7-3-4-19(13-31)18-5-6-23-22(12-18)29-25-21(16-35-23)26(28-17-27-25)30-8-10-34-11-9-30/h2,5-6,12,17,19-20H,1,3-4,7-11,13-16H2,(H,27,28,29). The summed E-state index contributed by atoms with van der Waals surface area (Å²) in [7, 11) is 0. The van der Waals surface area contributed by atoms with Crippen LogP contribution in [0.4, 0.5) is 17.3 Å². The predicted molar refractivity (Wildman–Crippen MR) is 133 cm³/mol. The minimum absolute atomic E-state index is 0.0347. The molecule has 0 spiro atoms. The number of aromatic nitrogens is 2. The molecule has 35 heavy (non-hydrogen) atoms. The Labute approximate surface area is 205 Å². The number of hydrogen-bond donors (Lipinski definition) is 1. The van der Waals surface area contributed by atoms with Crippen LogP contribution in [0, 0.1) is 0 Å². The van der Waals surface area contributed by atoms with E-state index in [1.807, 2.05) is 4.90 Å². The number of hydrogen-bond acceptors (Lipinski definition) is 8. The lowest BCUT2D eigenvalue weighted by atomic mass is 9.88. The van der Waals surface area contributed by atoms with Gasteiger partial charge in [0.2, 0.25) is 5.91 Å². The molecular formula is C26H32N6O3. The summed E-state index contributed by atoms with van der Waals surface area (Å²) < 4.78 is 11.7. The molecule has 3 fully saturated rings. The number of amides is 1. The highest BCUT2D eigenvalue weighted by Gasteiger charge is 2.36. The molecule has 1 atom stereocenters. The van der Waals surface area contributed by atoms with Crippen LogP contribution >= 0.6 is 0 Å². The predicted octanol–water partition coefficient (Wildman–Crippen LogP) is 2.53. The van der Waals surface area contributed by atoms with Crippen molar-refractivity contribution in [1.82, 2.24) is 19.8 Å². The van der Waals surface area contributed by atoms with Gasteiger partial charge in [-0.25, -0.2) is 9.97 Å². The van der Waals surface area contributed by atoms with Gasteiger partial charge in [-0.05, 0) is 49.1 Å². The van der Waals surface area contributed by atoms with Gasteiger partial charge in [0.15, 0.2) is 0 Å². The number of piperidine rings is 1. The van der Waals surface area contributed by atoms with Gasteiger partial charge in [0, 0.05) is 38.8 Å². The number of benzene rings is 1. The third-order valence-electron chi connectivity index (χ3n) is 7.65. The number of anilines is 3. The number of nitrogens with zero attached hydrogens (tertiary/aromatic N) is 5. The Morgan fingerprint density at radius 3 is 2.83 bits per heavy atom. The molecule has 6 rings (SSSR count). The van der Waals surface area contributed by atoms with Crippen LogP contribution in [0.5, 0.6) is 5.75 Å². The molecule has 9 nitrogen and oxygen atoms in total. The molecule has 0 radical (unpaired) electrons. The lowest BCUT2D eigenvalue weighted by Gasteiger charge is -2.47. The zero-order valence-electron chi connectivity index (χ0n) is 20.0. The summed E-state index contributed by atoms with van der Waals surface area (Å²) in [4.78, 5) is 27.6. The molecule has 0 saturated carbocycles. The first-order valence-corrected chi connectivity index (χ1v) is 12.6. The summed E-state index contributed by atoms with van der Waals surface area (Å²) >= 11 is 0. The summed E-state index contributed by atoms with van der Waals surface area (Å²) in [6.07, 6.45) is 5.37. The van der Waals surface area contributed by atoms with E-state index in [1.165, 1.54) is 11.6 Å². The molecule has 2 aromatic rings. The summed E-state index contributed by atoms with van der Waals surface area (Å²) in [6.45, 7) is 10.8. The van der Waals surface area contributed by atoms with Gasteiger partial charge in [-0.15, -0.1) is 0 Å². The quantitative estimate of drug-likeness (QED) is 0.675. The number of likely N-dealkylation sites (tertiary alicyclic amines) is 2. The van der Waals surface area contributed by atoms with Crippen molar-refractivity contribution < 1.29 is 14.3 Å². The molecule has 1 amide bonds. The van der Waals surface area contributed by atoms with E-state index in [-0.39, 0.29) is 5.91 Å². The van der Waals surface area contributed by atoms with Crippen molar-refractivity contribution >= 4 is 23.2 Å². The maximum Gasteiger partial charge on any atom is 0.246 e. The van der Waals surface area contributed by atoms with E-state index >= 15 is 0 Å². The number of ether oxygens (including phenoxy) is 2. The molecule has 0 aliphatic carbocycles. The Balaban J connectivity index is 1.18. The van der Waals surface area contributed by atoms with Gasteiger partial charge in [-0.2, -0.15) is 0 Å². The first kappa shape index (κ1) is 22.3. The van der Waals surface area contributed by atoms with Crippen LogP contribution in [-0.2, 0) is 16.1 Å². The third kappa shape index (κ3) is 4.34. The SMILES string of the molecule is C=CC(=O)N1CC(N2CCCC(c3ccc4c(c3)Nc3ncnc(N5CCOCC5)c3CO4)C2)C1. The lowest BCUT2D eigenvalue weighted by molar-refractivity contribution is -0.133. The molecule has 184 valence electrons. The van der Waals surface area contributed by atoms with Gasteiger partial charge >= 0.3 is 0 Å². The maximum absolute atomic E-state index is 11.8. The summed E-state index contributed by atoms with van der Waals surface area (Å²) in [5, 5.41) is 3.54. The van der Waals surface area contributed by atoms with Crippen LogP contribution in [0.1, 0.15) is 29.9 Å². The highest BCUT2D eigenvalue weighted by atomic mass is 16.5. The van der Waals surface area contributed by atoms with Crippen LogP contribution in [0.3, 0.4) is 0 Å². The second-order valence-electron chi connectivity index (χ2n) is 9.73. The molecule has 1 unspecified atom stereocenters. The summed E-state index contributed by atoms with van der Waals surface area (Å²) in [5.41, 5.74) is 3.25. The molecule has 1 aromatic carbocycles. The van der Waals surface area contributed by atoms with E-state index in [1.54, 1.807) is 6.33 Å². The molecular weight excluding hydrogens is 444 g/mol. The highest BCUT2D eigenvalue weighted by Crippen LogP contribution is 2.39. The Morgan fingerprint density at radius 2 is 2.00 bits per heavy atom. The molecule has 5 heterocycles. The molecule has 4 aliphatic heterocycles. The van der Waals surface area contributed by atoms with E-state index in [2.05, 4.69) is 49.9 Å².